The molecule has 0 saturated heterocycles. The Labute approximate surface area is 213 Å². The van der Waals surface area contributed by atoms with Gasteiger partial charge in [-0.2, -0.15) is 0 Å². The number of benzene rings is 2. The summed E-state index contributed by atoms with van der Waals surface area (Å²) in [4.78, 5) is 26.4. The first-order valence-electron chi connectivity index (χ1n) is 11.1. The number of nitrogens with zero attached hydrogens (tertiary/aromatic N) is 1. The van der Waals surface area contributed by atoms with E-state index in [1.54, 1.807) is 12.1 Å². The average Bonchev–Trinajstić information content (AvgIpc) is 3.48. The maximum absolute atomic E-state index is 13.2. The average molecular weight is 531 g/mol. The number of aryl methyl sites for hydroxylation is 1. The number of fused-ring (bicyclic) bond motifs is 1. The molecule has 11 heteroatoms. The summed E-state index contributed by atoms with van der Waals surface area (Å²) in [5.74, 6) is -0.162. The summed E-state index contributed by atoms with van der Waals surface area (Å²) >= 11 is 1.39. The molecule has 190 valence electrons. The molecule has 1 heterocycles. The molecule has 0 saturated carbocycles. The first-order valence-corrected chi connectivity index (χ1v) is 13.3. The molecule has 36 heavy (non-hydrogen) atoms. The Morgan fingerprint density at radius 2 is 1.67 bits per heavy atom. The summed E-state index contributed by atoms with van der Waals surface area (Å²) in [6.07, 6.45) is 2.62. The van der Waals surface area contributed by atoms with Crippen LogP contribution in [0.3, 0.4) is 0 Å². The van der Waals surface area contributed by atoms with E-state index in [4.69, 9.17) is 14.2 Å². The van der Waals surface area contributed by atoms with Gasteiger partial charge in [-0.05, 0) is 61.2 Å². The Morgan fingerprint density at radius 3 is 2.31 bits per heavy atom. The molecule has 4 rings (SSSR count). The second-order valence-electron chi connectivity index (χ2n) is 8.04. The van der Waals surface area contributed by atoms with Gasteiger partial charge in [0.05, 0.1) is 37.5 Å². The molecule has 1 aromatic heterocycles. The van der Waals surface area contributed by atoms with Crippen molar-refractivity contribution in [1.82, 2.24) is 0 Å². The number of ether oxygens (including phenoxy) is 3. The maximum Gasteiger partial charge on any atom is 0.341 e. The predicted octanol–water partition coefficient (Wildman–Crippen LogP) is 4.12. The Hall–Kier alpha value is -3.57. The van der Waals surface area contributed by atoms with Crippen LogP contribution in [-0.2, 0) is 27.6 Å². The Bertz CT molecular complexity index is 1410. The molecule has 0 bridgehead atoms. The molecule has 3 aromatic rings. The summed E-state index contributed by atoms with van der Waals surface area (Å²) in [6, 6.07) is 10.5. The zero-order chi connectivity index (χ0) is 26.0. The van der Waals surface area contributed by atoms with E-state index in [1.807, 2.05) is 0 Å². The van der Waals surface area contributed by atoms with Crippen LogP contribution in [0.2, 0.25) is 0 Å². The number of esters is 1. The lowest BCUT2D eigenvalue weighted by Gasteiger charge is -2.20. The van der Waals surface area contributed by atoms with E-state index in [-0.39, 0.29) is 4.90 Å². The zero-order valence-electron chi connectivity index (χ0n) is 20.3. The van der Waals surface area contributed by atoms with Crippen LogP contribution in [0.25, 0.3) is 0 Å². The number of carbonyl (C=O) groups is 2. The van der Waals surface area contributed by atoms with E-state index in [0.717, 1.165) is 34.0 Å². The van der Waals surface area contributed by atoms with Crippen LogP contribution >= 0.6 is 11.3 Å². The number of hydrogen-bond donors (Lipinski definition) is 1. The normalized spacial score (nSPS) is 12.6. The van der Waals surface area contributed by atoms with E-state index in [1.165, 1.54) is 70.0 Å². The van der Waals surface area contributed by atoms with Crippen molar-refractivity contribution in [3.63, 3.8) is 0 Å². The number of carbonyl (C=O) groups excluding carboxylic acids is 2. The predicted molar refractivity (Wildman–Crippen MR) is 137 cm³/mol. The number of methoxy groups -OCH3 is 3. The quantitative estimate of drug-likeness (QED) is 0.436. The van der Waals surface area contributed by atoms with Gasteiger partial charge in [-0.1, -0.05) is 0 Å². The van der Waals surface area contributed by atoms with Gasteiger partial charge in [0.1, 0.15) is 5.00 Å². The molecule has 1 aliphatic carbocycles. The molecule has 1 amide bonds. The SMILES string of the molecule is COC(=O)c1c(NC(=O)c2ccc(N(C)S(=O)(=O)c3ccc(OC)c(OC)c3)cc2)sc2c1CCC2. The smallest absolute Gasteiger partial charge is 0.341 e. The molecule has 9 nitrogen and oxygen atoms in total. The van der Waals surface area contributed by atoms with Crippen LogP contribution < -0.4 is 19.1 Å². The van der Waals surface area contributed by atoms with Crippen LogP contribution in [0.15, 0.2) is 47.4 Å². The Kier molecular flexibility index (Phi) is 7.23. The molecule has 0 atom stereocenters. The van der Waals surface area contributed by atoms with E-state index >= 15 is 0 Å². The van der Waals surface area contributed by atoms with Gasteiger partial charge in [0.15, 0.2) is 11.5 Å². The highest BCUT2D eigenvalue weighted by molar-refractivity contribution is 7.92. The van der Waals surface area contributed by atoms with E-state index < -0.39 is 21.9 Å². The van der Waals surface area contributed by atoms with Crippen molar-refractivity contribution in [2.45, 2.75) is 24.2 Å². The van der Waals surface area contributed by atoms with E-state index in [2.05, 4.69) is 5.32 Å². The van der Waals surface area contributed by atoms with Crippen LogP contribution in [-0.4, -0.2) is 48.7 Å². The topological polar surface area (TPSA) is 111 Å². The molecule has 0 radical (unpaired) electrons. The first kappa shape index (κ1) is 25.5. The minimum atomic E-state index is -3.90. The van der Waals surface area contributed by atoms with Crippen molar-refractivity contribution in [2.75, 3.05) is 38.0 Å². The molecular formula is C25H26N2O7S2. The molecular weight excluding hydrogens is 504 g/mol. The van der Waals surface area contributed by atoms with Crippen molar-refractivity contribution >= 4 is 43.9 Å². The van der Waals surface area contributed by atoms with Crippen LogP contribution in [0.5, 0.6) is 11.5 Å². The van der Waals surface area contributed by atoms with Crippen LogP contribution in [0, 0.1) is 0 Å². The summed E-state index contributed by atoms with van der Waals surface area (Å²) < 4.78 is 42.8. The van der Waals surface area contributed by atoms with Crippen LogP contribution in [0.1, 0.15) is 37.6 Å². The number of amides is 1. The standard InChI is InChI=1S/C25H26N2O7S2/c1-27(36(30,31)17-12-13-19(32-2)20(14-17)33-3)16-10-8-15(9-11-16)23(28)26-24-22(25(29)34-4)18-6-5-7-21(18)35-24/h8-14H,5-7H2,1-4H3,(H,26,28). The fourth-order valence-electron chi connectivity index (χ4n) is 4.08. The van der Waals surface area contributed by atoms with Crippen molar-refractivity contribution in [2.24, 2.45) is 0 Å². The Morgan fingerprint density at radius 1 is 0.972 bits per heavy atom. The highest BCUT2D eigenvalue weighted by Crippen LogP contribution is 2.39. The van der Waals surface area contributed by atoms with Gasteiger partial charge in [-0.15, -0.1) is 11.3 Å². The highest BCUT2D eigenvalue weighted by Gasteiger charge is 2.28. The highest BCUT2D eigenvalue weighted by atomic mass is 32.2. The van der Waals surface area contributed by atoms with Gasteiger partial charge in [-0.3, -0.25) is 9.10 Å². The molecule has 0 fully saturated rings. The van der Waals surface area contributed by atoms with Gasteiger partial charge in [0.25, 0.3) is 15.9 Å². The van der Waals surface area contributed by atoms with Crippen molar-refractivity contribution in [3.05, 3.63) is 64.0 Å². The second-order valence-corrected chi connectivity index (χ2v) is 11.1. The minimum Gasteiger partial charge on any atom is -0.493 e. The maximum atomic E-state index is 13.2. The molecule has 1 N–H and O–H groups in total. The molecule has 2 aromatic carbocycles. The second kappa shape index (κ2) is 10.2. The van der Waals surface area contributed by atoms with E-state index in [0.29, 0.717) is 33.3 Å². The van der Waals surface area contributed by atoms with Crippen LogP contribution in [0.4, 0.5) is 10.7 Å². The molecule has 1 aliphatic rings. The zero-order valence-corrected chi connectivity index (χ0v) is 21.9. The van der Waals surface area contributed by atoms with Gasteiger partial charge in [0.2, 0.25) is 0 Å². The molecule has 0 aliphatic heterocycles. The summed E-state index contributed by atoms with van der Waals surface area (Å²) in [5, 5.41) is 3.29. The summed E-state index contributed by atoms with van der Waals surface area (Å²) in [5.41, 5.74) is 2.05. The monoisotopic (exact) mass is 530 g/mol. The van der Waals surface area contributed by atoms with Gasteiger partial charge in [-0.25, -0.2) is 13.2 Å². The third-order valence-corrected chi connectivity index (χ3v) is 9.03. The number of nitrogens with one attached hydrogen (secondary N) is 1. The van der Waals surface area contributed by atoms with Gasteiger partial charge < -0.3 is 19.5 Å². The molecule has 0 unspecified atom stereocenters. The van der Waals surface area contributed by atoms with Crippen molar-refractivity contribution < 1.29 is 32.2 Å². The lowest BCUT2D eigenvalue weighted by molar-refractivity contribution is 0.0601. The number of rotatable bonds is 8. The third kappa shape index (κ3) is 4.63. The first-order chi connectivity index (χ1) is 17.2. The summed E-state index contributed by atoms with van der Waals surface area (Å²) in [7, 11) is 1.74. The fraction of sp³-hybridized carbons (Fsp3) is 0.280. The number of sulfonamides is 1. The third-order valence-electron chi connectivity index (χ3n) is 6.04. The summed E-state index contributed by atoms with van der Waals surface area (Å²) in [6.45, 7) is 0. The number of anilines is 2. The van der Waals surface area contributed by atoms with E-state index in [9.17, 15) is 18.0 Å². The lowest BCUT2D eigenvalue weighted by atomic mass is 10.1. The number of hydrogen-bond acceptors (Lipinski definition) is 8. The molecule has 0 spiro atoms. The fourth-order valence-corrected chi connectivity index (χ4v) is 6.57. The van der Waals surface area contributed by atoms with Crippen molar-refractivity contribution in [1.29, 1.82) is 0 Å². The lowest BCUT2D eigenvalue weighted by Crippen LogP contribution is -2.26. The van der Waals surface area contributed by atoms with Gasteiger partial charge >= 0.3 is 5.97 Å². The minimum absolute atomic E-state index is 0.0329. The Balaban J connectivity index is 1.54. The van der Waals surface area contributed by atoms with Crippen molar-refractivity contribution in [3.8, 4) is 11.5 Å². The van der Waals surface area contributed by atoms with Gasteiger partial charge in [0, 0.05) is 23.6 Å². The largest absolute Gasteiger partial charge is 0.493 e. The number of thiophene rings is 1.